The zero-order valence-electron chi connectivity index (χ0n) is 11.7. The molecule has 5 nitrogen and oxygen atoms in total. The molecule has 0 saturated carbocycles. The molecule has 3 rings (SSSR count). The maximum absolute atomic E-state index is 5.33. The van der Waals surface area contributed by atoms with E-state index in [0.29, 0.717) is 5.95 Å². The Hall–Kier alpha value is -2.30. The smallest absolute Gasteiger partial charge is 0.243 e. The fraction of sp³-hybridized carbons (Fsp3) is 0.333. The predicted octanol–water partition coefficient (Wildman–Crippen LogP) is 3.06. The number of pyridine rings is 1. The maximum Gasteiger partial charge on any atom is 0.243 e. The summed E-state index contributed by atoms with van der Waals surface area (Å²) < 4.78 is 7.14. The second kappa shape index (κ2) is 5.36. The Labute approximate surface area is 117 Å². The van der Waals surface area contributed by atoms with Crippen molar-refractivity contribution in [1.82, 2.24) is 14.6 Å². The lowest BCUT2D eigenvalue weighted by molar-refractivity contribution is 0.494. The molecule has 0 aliphatic heterocycles. The van der Waals surface area contributed by atoms with E-state index >= 15 is 0 Å². The van der Waals surface area contributed by atoms with E-state index in [9.17, 15) is 0 Å². The lowest BCUT2D eigenvalue weighted by Crippen LogP contribution is -2.16. The monoisotopic (exact) mass is 270 g/mol. The highest BCUT2D eigenvalue weighted by molar-refractivity contribution is 5.49. The van der Waals surface area contributed by atoms with Crippen LogP contribution in [0.15, 0.2) is 41.1 Å². The summed E-state index contributed by atoms with van der Waals surface area (Å²) in [6, 6.07) is 8.21. The molecule has 0 aliphatic rings. The van der Waals surface area contributed by atoms with Gasteiger partial charge in [0.15, 0.2) is 5.65 Å². The molecule has 0 spiro atoms. The Balaban J connectivity index is 1.65. The van der Waals surface area contributed by atoms with Crippen molar-refractivity contribution in [3.8, 4) is 0 Å². The second-order valence-corrected chi connectivity index (χ2v) is 5.06. The molecule has 0 aliphatic carbocycles. The number of nitrogens with zero attached hydrogens (tertiary/aromatic N) is 3. The van der Waals surface area contributed by atoms with E-state index in [0.717, 1.165) is 29.8 Å². The van der Waals surface area contributed by atoms with E-state index in [4.69, 9.17) is 4.42 Å². The van der Waals surface area contributed by atoms with Crippen LogP contribution in [-0.2, 0) is 6.42 Å². The van der Waals surface area contributed by atoms with E-state index in [2.05, 4.69) is 22.3 Å². The first-order valence-electron chi connectivity index (χ1n) is 6.83. The Morgan fingerprint density at radius 2 is 2.25 bits per heavy atom. The third-order valence-electron chi connectivity index (χ3n) is 3.34. The molecule has 1 atom stereocenters. The molecule has 0 bridgehead atoms. The molecule has 3 aromatic rings. The first-order valence-corrected chi connectivity index (χ1v) is 6.83. The van der Waals surface area contributed by atoms with Crippen molar-refractivity contribution < 1.29 is 4.42 Å². The van der Waals surface area contributed by atoms with Crippen LogP contribution in [0.25, 0.3) is 5.65 Å². The number of rotatable bonds is 5. The molecule has 0 amide bonds. The molecule has 0 fully saturated rings. The quantitative estimate of drug-likeness (QED) is 0.774. The molecule has 0 aromatic carbocycles. The van der Waals surface area contributed by atoms with Crippen LogP contribution in [0.1, 0.15) is 24.7 Å². The first-order chi connectivity index (χ1) is 9.72. The van der Waals surface area contributed by atoms with Gasteiger partial charge in [-0.05, 0) is 44.0 Å². The lowest BCUT2D eigenvalue weighted by Gasteiger charge is -2.10. The predicted molar refractivity (Wildman–Crippen MR) is 77.8 cm³/mol. The average molecular weight is 270 g/mol. The minimum absolute atomic E-state index is 0.290. The molecule has 5 heteroatoms. The Morgan fingerprint density at radius 1 is 1.35 bits per heavy atom. The number of fused-ring (bicyclic) bond motifs is 1. The van der Waals surface area contributed by atoms with Gasteiger partial charge in [-0.15, -0.1) is 5.10 Å². The minimum atomic E-state index is 0.290. The van der Waals surface area contributed by atoms with Gasteiger partial charge in [0.25, 0.3) is 0 Å². The number of hydrogen-bond donors (Lipinski definition) is 1. The Bertz CT molecular complexity index is 687. The molecule has 0 saturated heterocycles. The maximum atomic E-state index is 5.33. The number of anilines is 1. The van der Waals surface area contributed by atoms with Gasteiger partial charge in [-0.1, -0.05) is 6.07 Å². The van der Waals surface area contributed by atoms with Crippen LogP contribution in [0.3, 0.4) is 0 Å². The van der Waals surface area contributed by atoms with Gasteiger partial charge in [0.1, 0.15) is 5.76 Å². The Kier molecular flexibility index (Phi) is 3.41. The van der Waals surface area contributed by atoms with Crippen LogP contribution in [0.5, 0.6) is 0 Å². The van der Waals surface area contributed by atoms with Crippen LogP contribution < -0.4 is 5.32 Å². The summed E-state index contributed by atoms with van der Waals surface area (Å²) in [6.07, 6.45) is 5.50. The SMILES string of the molecule is Cc1cccn2nc(NC(C)CCc3ccco3)nc12. The largest absolute Gasteiger partial charge is 0.469 e. The zero-order chi connectivity index (χ0) is 13.9. The van der Waals surface area contributed by atoms with Gasteiger partial charge in [-0.25, -0.2) is 4.52 Å². The molecule has 104 valence electrons. The number of aromatic nitrogens is 3. The van der Waals surface area contributed by atoms with Gasteiger partial charge in [-0.2, -0.15) is 4.98 Å². The topological polar surface area (TPSA) is 55.4 Å². The number of furan rings is 1. The third kappa shape index (κ3) is 2.66. The normalized spacial score (nSPS) is 12.7. The fourth-order valence-electron chi connectivity index (χ4n) is 2.21. The van der Waals surface area contributed by atoms with Crippen molar-refractivity contribution in [1.29, 1.82) is 0 Å². The third-order valence-corrected chi connectivity index (χ3v) is 3.34. The molecule has 1 N–H and O–H groups in total. The molecule has 1 unspecified atom stereocenters. The summed E-state index contributed by atoms with van der Waals surface area (Å²) in [5.74, 6) is 1.68. The lowest BCUT2D eigenvalue weighted by atomic mass is 10.1. The van der Waals surface area contributed by atoms with Crippen LogP contribution in [-0.4, -0.2) is 20.6 Å². The van der Waals surface area contributed by atoms with Gasteiger partial charge in [0.05, 0.1) is 6.26 Å². The molecule has 3 aromatic heterocycles. The average Bonchev–Trinajstić information content (AvgIpc) is 3.05. The first kappa shape index (κ1) is 12.7. The van der Waals surface area contributed by atoms with Crippen molar-refractivity contribution >= 4 is 11.6 Å². The molecular formula is C15H18N4O. The van der Waals surface area contributed by atoms with Crippen LogP contribution in [0.2, 0.25) is 0 Å². The molecule has 3 heterocycles. The van der Waals surface area contributed by atoms with Gasteiger partial charge < -0.3 is 9.73 Å². The highest BCUT2D eigenvalue weighted by atomic mass is 16.3. The minimum Gasteiger partial charge on any atom is -0.469 e. The van der Waals surface area contributed by atoms with Gasteiger partial charge in [0, 0.05) is 18.7 Å². The van der Waals surface area contributed by atoms with E-state index in [-0.39, 0.29) is 6.04 Å². The van der Waals surface area contributed by atoms with E-state index in [1.807, 2.05) is 37.4 Å². The van der Waals surface area contributed by atoms with Crippen LogP contribution in [0, 0.1) is 6.92 Å². The summed E-state index contributed by atoms with van der Waals surface area (Å²) in [5.41, 5.74) is 2.02. The number of nitrogens with one attached hydrogen (secondary N) is 1. The summed E-state index contributed by atoms with van der Waals surface area (Å²) >= 11 is 0. The van der Waals surface area contributed by atoms with Gasteiger partial charge >= 0.3 is 0 Å². The number of aryl methyl sites for hydroxylation is 2. The van der Waals surface area contributed by atoms with Crippen LogP contribution >= 0.6 is 0 Å². The highest BCUT2D eigenvalue weighted by Crippen LogP contribution is 2.12. The van der Waals surface area contributed by atoms with E-state index in [1.165, 1.54) is 0 Å². The standard InChI is InChI=1S/C15H18N4O/c1-11-5-3-9-19-14(11)17-15(18-19)16-12(2)7-8-13-6-4-10-20-13/h3-6,9-10,12H,7-8H2,1-2H3,(H,16,18). The summed E-state index contributed by atoms with van der Waals surface area (Å²) in [7, 11) is 0. The van der Waals surface area contributed by atoms with Crippen molar-refractivity contribution in [2.45, 2.75) is 32.7 Å². The van der Waals surface area contributed by atoms with Crippen LogP contribution in [0.4, 0.5) is 5.95 Å². The molecular weight excluding hydrogens is 252 g/mol. The second-order valence-electron chi connectivity index (χ2n) is 5.06. The van der Waals surface area contributed by atoms with Crippen molar-refractivity contribution in [3.63, 3.8) is 0 Å². The Morgan fingerprint density at radius 3 is 3.00 bits per heavy atom. The fourth-order valence-corrected chi connectivity index (χ4v) is 2.21. The molecule has 20 heavy (non-hydrogen) atoms. The van der Waals surface area contributed by atoms with Crippen molar-refractivity contribution in [2.24, 2.45) is 0 Å². The summed E-state index contributed by atoms with van der Waals surface area (Å²) in [4.78, 5) is 4.51. The van der Waals surface area contributed by atoms with E-state index < -0.39 is 0 Å². The van der Waals surface area contributed by atoms with Gasteiger partial charge in [-0.3, -0.25) is 0 Å². The van der Waals surface area contributed by atoms with Crippen molar-refractivity contribution in [3.05, 3.63) is 48.0 Å². The zero-order valence-corrected chi connectivity index (χ0v) is 11.7. The number of hydrogen-bond acceptors (Lipinski definition) is 4. The summed E-state index contributed by atoms with van der Waals surface area (Å²) in [6.45, 7) is 4.16. The van der Waals surface area contributed by atoms with E-state index in [1.54, 1.807) is 10.8 Å². The summed E-state index contributed by atoms with van der Waals surface area (Å²) in [5, 5.41) is 7.77. The van der Waals surface area contributed by atoms with Gasteiger partial charge in [0.2, 0.25) is 5.95 Å². The molecule has 0 radical (unpaired) electrons. The van der Waals surface area contributed by atoms with Crippen molar-refractivity contribution in [2.75, 3.05) is 5.32 Å². The highest BCUT2D eigenvalue weighted by Gasteiger charge is 2.09.